The van der Waals surface area contributed by atoms with Gasteiger partial charge in [-0.3, -0.25) is 4.18 Å². The Morgan fingerprint density at radius 2 is 2.00 bits per heavy atom. The van der Waals surface area contributed by atoms with Crippen molar-refractivity contribution in [3.8, 4) is 0 Å². The van der Waals surface area contributed by atoms with Gasteiger partial charge in [-0.25, -0.2) is 9.53 Å². The third-order valence-electron chi connectivity index (χ3n) is 0.566. The molecule has 62 valence electrons. The molecule has 0 atom stereocenters. The number of hydrogen-bond acceptors (Lipinski definition) is 3. The topological polar surface area (TPSA) is 69.4 Å². The Hall–Kier alpha value is -0.200. The lowest BCUT2D eigenvalue weighted by atomic mass is 10.2. The molecule has 0 spiro atoms. The molecule has 0 radical (unpaired) electrons. The first kappa shape index (κ1) is 9.80. The van der Waals surface area contributed by atoms with Crippen molar-refractivity contribution >= 4 is 10.3 Å². The van der Waals surface area contributed by atoms with Crippen LogP contribution in [0.1, 0.15) is 13.8 Å². The highest BCUT2D eigenvalue weighted by molar-refractivity contribution is 7.84. The Morgan fingerprint density at radius 3 is 2.10 bits per heavy atom. The first-order valence-corrected chi connectivity index (χ1v) is 4.04. The van der Waals surface area contributed by atoms with Gasteiger partial charge in [-0.05, 0) is 13.8 Å². The Morgan fingerprint density at radius 1 is 1.60 bits per heavy atom. The van der Waals surface area contributed by atoms with Gasteiger partial charge in [0, 0.05) is 0 Å². The summed E-state index contributed by atoms with van der Waals surface area (Å²) in [6.07, 6.45) is 0. The lowest BCUT2D eigenvalue weighted by Gasteiger charge is -2.11. The van der Waals surface area contributed by atoms with Crippen molar-refractivity contribution in [1.82, 2.24) is 0 Å². The van der Waals surface area contributed by atoms with Crippen molar-refractivity contribution in [2.24, 2.45) is 5.14 Å². The molecule has 0 aromatic rings. The lowest BCUT2D eigenvalue weighted by molar-refractivity contribution is 0.124. The zero-order valence-corrected chi connectivity index (χ0v) is 6.61. The molecule has 0 aromatic carbocycles. The quantitative estimate of drug-likeness (QED) is 0.647. The van der Waals surface area contributed by atoms with Gasteiger partial charge >= 0.3 is 10.3 Å². The van der Waals surface area contributed by atoms with Crippen molar-refractivity contribution in [3.05, 3.63) is 0 Å². The molecule has 0 rings (SSSR count). The fourth-order valence-electron chi connectivity index (χ4n) is 0.222. The monoisotopic (exact) mass is 171 g/mol. The van der Waals surface area contributed by atoms with E-state index in [1.54, 1.807) is 0 Å². The van der Waals surface area contributed by atoms with Gasteiger partial charge in [-0.2, -0.15) is 8.42 Å². The van der Waals surface area contributed by atoms with Crippen LogP contribution in [0.5, 0.6) is 0 Å². The van der Waals surface area contributed by atoms with Crippen molar-refractivity contribution in [2.45, 2.75) is 19.5 Å². The molecule has 0 aromatic heterocycles. The van der Waals surface area contributed by atoms with Gasteiger partial charge in [-0.15, -0.1) is 0 Å². The summed E-state index contributed by atoms with van der Waals surface area (Å²) in [4.78, 5) is 0. The third kappa shape index (κ3) is 7.80. The van der Waals surface area contributed by atoms with Crippen LogP contribution in [-0.2, 0) is 14.5 Å². The van der Waals surface area contributed by atoms with Gasteiger partial charge in [0.05, 0.1) is 0 Å². The van der Waals surface area contributed by atoms with Crippen LogP contribution in [0.3, 0.4) is 0 Å². The summed E-state index contributed by atoms with van der Waals surface area (Å²) in [7, 11) is -4.00. The Bertz CT molecular complexity index is 193. The zero-order chi connectivity index (χ0) is 8.41. The van der Waals surface area contributed by atoms with Crippen molar-refractivity contribution in [1.29, 1.82) is 0 Å². The SMILES string of the molecule is CC(C)(F)COS(N)(=O)=O. The van der Waals surface area contributed by atoms with E-state index in [1.165, 1.54) is 13.8 Å². The minimum absolute atomic E-state index is 0.550. The standard InChI is InChI=1S/C4H10FNO3S/c1-4(2,5)3-9-10(6,7)8/h3H2,1-2H3,(H2,6,7,8). The van der Waals surface area contributed by atoms with E-state index >= 15 is 0 Å². The van der Waals surface area contributed by atoms with Crippen molar-refractivity contribution in [2.75, 3.05) is 6.61 Å². The second kappa shape index (κ2) is 2.81. The van der Waals surface area contributed by atoms with Crippen LogP contribution >= 0.6 is 0 Å². The maximum absolute atomic E-state index is 12.5. The molecule has 0 fully saturated rings. The fraction of sp³-hybridized carbons (Fsp3) is 1.00. The number of nitrogens with two attached hydrogens (primary N) is 1. The molecule has 0 saturated heterocycles. The molecule has 0 amide bonds. The largest absolute Gasteiger partial charge is 0.333 e. The molecule has 0 bridgehead atoms. The maximum atomic E-state index is 12.5. The number of hydrogen-bond donors (Lipinski definition) is 1. The van der Waals surface area contributed by atoms with Gasteiger partial charge in [0.15, 0.2) is 0 Å². The van der Waals surface area contributed by atoms with Crippen LogP contribution < -0.4 is 5.14 Å². The van der Waals surface area contributed by atoms with E-state index in [0.29, 0.717) is 0 Å². The van der Waals surface area contributed by atoms with E-state index in [0.717, 1.165) is 0 Å². The highest BCUT2D eigenvalue weighted by atomic mass is 32.2. The maximum Gasteiger partial charge on any atom is 0.333 e. The molecular weight excluding hydrogens is 161 g/mol. The predicted molar refractivity (Wildman–Crippen MR) is 34.2 cm³/mol. The summed E-state index contributed by atoms with van der Waals surface area (Å²) in [5, 5.41) is 4.43. The van der Waals surface area contributed by atoms with Crippen molar-refractivity contribution in [3.63, 3.8) is 0 Å². The third-order valence-corrected chi connectivity index (χ3v) is 1.01. The van der Waals surface area contributed by atoms with E-state index in [9.17, 15) is 12.8 Å². The van der Waals surface area contributed by atoms with E-state index < -0.39 is 22.6 Å². The summed E-state index contributed by atoms with van der Waals surface area (Å²) in [6, 6.07) is 0. The number of halogens is 1. The van der Waals surface area contributed by atoms with Crippen LogP contribution in [0.25, 0.3) is 0 Å². The minimum Gasteiger partial charge on any atom is -0.255 e. The van der Waals surface area contributed by atoms with Gasteiger partial charge in [-0.1, -0.05) is 0 Å². The summed E-state index contributed by atoms with van der Waals surface area (Å²) in [5.74, 6) is 0. The average molecular weight is 171 g/mol. The highest BCUT2D eigenvalue weighted by Gasteiger charge is 2.18. The molecule has 0 aliphatic heterocycles. The van der Waals surface area contributed by atoms with Gasteiger partial charge in [0.2, 0.25) is 0 Å². The summed E-state index contributed by atoms with van der Waals surface area (Å²) in [5.41, 5.74) is -1.67. The zero-order valence-electron chi connectivity index (χ0n) is 5.80. The number of alkyl halides is 1. The summed E-state index contributed by atoms with van der Waals surface area (Å²) >= 11 is 0. The average Bonchev–Trinajstić information content (AvgIpc) is 1.57. The number of rotatable bonds is 3. The Balaban J connectivity index is 3.79. The molecule has 10 heavy (non-hydrogen) atoms. The summed E-state index contributed by atoms with van der Waals surface area (Å²) in [6.45, 7) is 1.84. The summed E-state index contributed by atoms with van der Waals surface area (Å²) < 4.78 is 36.6. The van der Waals surface area contributed by atoms with E-state index in [4.69, 9.17) is 0 Å². The van der Waals surface area contributed by atoms with Gasteiger partial charge in [0.25, 0.3) is 0 Å². The Labute approximate surface area is 59.4 Å². The molecule has 6 heteroatoms. The molecule has 0 unspecified atom stereocenters. The molecule has 0 aliphatic carbocycles. The highest BCUT2D eigenvalue weighted by Crippen LogP contribution is 2.08. The lowest BCUT2D eigenvalue weighted by Crippen LogP contribution is -2.26. The first-order chi connectivity index (χ1) is 4.21. The molecule has 0 aliphatic rings. The normalized spacial score (nSPS) is 13.6. The first-order valence-electron chi connectivity index (χ1n) is 2.57. The smallest absolute Gasteiger partial charge is 0.255 e. The molecule has 0 saturated carbocycles. The Kier molecular flexibility index (Phi) is 2.76. The second-order valence-corrected chi connectivity index (χ2v) is 3.69. The second-order valence-electron chi connectivity index (χ2n) is 2.47. The molecule has 2 N–H and O–H groups in total. The van der Waals surface area contributed by atoms with Gasteiger partial charge < -0.3 is 0 Å². The molecule has 0 heterocycles. The van der Waals surface area contributed by atoms with Crippen LogP contribution in [0.2, 0.25) is 0 Å². The van der Waals surface area contributed by atoms with Gasteiger partial charge in [0.1, 0.15) is 12.3 Å². The van der Waals surface area contributed by atoms with E-state index in [-0.39, 0.29) is 0 Å². The van der Waals surface area contributed by atoms with E-state index in [2.05, 4.69) is 9.32 Å². The van der Waals surface area contributed by atoms with Crippen molar-refractivity contribution < 1.29 is 17.0 Å². The van der Waals surface area contributed by atoms with Crippen LogP contribution in [-0.4, -0.2) is 20.7 Å². The fourth-order valence-corrected chi connectivity index (χ4v) is 0.667. The van der Waals surface area contributed by atoms with E-state index in [1.807, 2.05) is 0 Å². The minimum atomic E-state index is -4.00. The molecular formula is C4H10FNO3S. The van der Waals surface area contributed by atoms with Crippen LogP contribution in [0, 0.1) is 0 Å². The van der Waals surface area contributed by atoms with Crippen LogP contribution in [0.4, 0.5) is 4.39 Å². The predicted octanol–water partition coefficient (Wildman–Crippen LogP) is -0.0454. The van der Waals surface area contributed by atoms with Crippen LogP contribution in [0.15, 0.2) is 0 Å². The molecule has 4 nitrogen and oxygen atoms in total.